The molecule has 2 aromatic heterocycles. The minimum atomic E-state index is -0.768. The van der Waals surface area contributed by atoms with Gasteiger partial charge in [0.15, 0.2) is 0 Å². The van der Waals surface area contributed by atoms with Gasteiger partial charge < -0.3 is 21.1 Å². The number of hydrogen-bond donors (Lipinski definition) is 3. The van der Waals surface area contributed by atoms with Crippen LogP contribution in [0.2, 0.25) is 0 Å². The summed E-state index contributed by atoms with van der Waals surface area (Å²) in [4.78, 5) is 20.1. The molecule has 0 radical (unpaired) electrons. The number of nitrogens with two attached hydrogens (primary N) is 1. The molecular formula is C20H21F2N7O2. The van der Waals surface area contributed by atoms with Crippen molar-refractivity contribution in [3.05, 3.63) is 59.6 Å². The van der Waals surface area contributed by atoms with Crippen LogP contribution in [0.4, 0.5) is 26.2 Å². The quantitative estimate of drug-likeness (QED) is 0.528. The van der Waals surface area contributed by atoms with E-state index in [1.807, 2.05) is 10.9 Å². The first-order valence-electron chi connectivity index (χ1n) is 9.74. The summed E-state index contributed by atoms with van der Waals surface area (Å²) in [5.41, 5.74) is 5.86. The monoisotopic (exact) mass is 429 g/mol. The molecule has 1 aromatic carbocycles. The Hall–Kier alpha value is -3.60. The number of aromatic nitrogens is 4. The molecule has 0 bridgehead atoms. The van der Waals surface area contributed by atoms with Gasteiger partial charge in [-0.1, -0.05) is 6.07 Å². The number of rotatable bonds is 7. The van der Waals surface area contributed by atoms with Crippen LogP contribution in [-0.4, -0.2) is 38.9 Å². The lowest BCUT2D eigenvalue weighted by molar-refractivity contribution is 0.0662. The van der Waals surface area contributed by atoms with E-state index in [0.717, 1.165) is 25.0 Å². The van der Waals surface area contributed by atoms with Gasteiger partial charge >= 0.3 is 0 Å². The van der Waals surface area contributed by atoms with Gasteiger partial charge in [-0.25, -0.2) is 13.8 Å². The Kier molecular flexibility index (Phi) is 6.03. The zero-order chi connectivity index (χ0) is 21.8. The third-order valence-corrected chi connectivity index (χ3v) is 4.97. The molecule has 0 aliphatic carbocycles. The van der Waals surface area contributed by atoms with Crippen molar-refractivity contribution in [2.75, 3.05) is 23.8 Å². The maximum atomic E-state index is 13.9. The van der Waals surface area contributed by atoms with Crippen LogP contribution in [0.3, 0.4) is 0 Å². The Morgan fingerprint density at radius 2 is 1.97 bits per heavy atom. The Balaban J connectivity index is 1.51. The maximum absolute atomic E-state index is 13.9. The first kappa shape index (κ1) is 20.7. The predicted octanol–water partition coefficient (Wildman–Crippen LogP) is 2.76. The van der Waals surface area contributed by atoms with Crippen molar-refractivity contribution in [3.63, 3.8) is 0 Å². The van der Waals surface area contributed by atoms with Crippen molar-refractivity contribution in [1.29, 1.82) is 0 Å². The molecule has 3 heterocycles. The second kappa shape index (κ2) is 9.04. The molecule has 0 saturated carbocycles. The van der Waals surface area contributed by atoms with E-state index >= 15 is 0 Å². The van der Waals surface area contributed by atoms with Crippen LogP contribution in [0.15, 0.2) is 36.8 Å². The van der Waals surface area contributed by atoms with Gasteiger partial charge in [0.05, 0.1) is 23.5 Å². The smallest absolute Gasteiger partial charge is 0.254 e. The molecule has 1 fully saturated rings. The zero-order valence-electron chi connectivity index (χ0n) is 16.5. The predicted molar refractivity (Wildman–Crippen MR) is 109 cm³/mol. The third-order valence-electron chi connectivity index (χ3n) is 4.97. The fourth-order valence-electron chi connectivity index (χ4n) is 3.31. The van der Waals surface area contributed by atoms with E-state index < -0.39 is 17.5 Å². The van der Waals surface area contributed by atoms with Gasteiger partial charge in [-0.3, -0.25) is 9.48 Å². The molecule has 11 heteroatoms. The van der Waals surface area contributed by atoms with E-state index in [1.54, 1.807) is 6.20 Å². The Morgan fingerprint density at radius 1 is 1.23 bits per heavy atom. The summed E-state index contributed by atoms with van der Waals surface area (Å²) in [6.45, 7) is 1.17. The summed E-state index contributed by atoms with van der Waals surface area (Å²) in [5, 5.41) is 10.2. The second-order valence-corrected chi connectivity index (χ2v) is 7.05. The molecule has 1 aliphatic rings. The van der Waals surface area contributed by atoms with Crippen LogP contribution in [-0.2, 0) is 11.3 Å². The van der Waals surface area contributed by atoms with E-state index in [1.165, 1.54) is 12.3 Å². The SMILES string of the molecule is NC(=O)c1cnc(Nc2cnn(C3CCOCC3)c2)nc1NCc1c(F)cccc1F. The summed E-state index contributed by atoms with van der Waals surface area (Å²) in [5.74, 6) is -1.95. The minimum Gasteiger partial charge on any atom is -0.381 e. The number of nitrogens with zero attached hydrogens (tertiary/aromatic N) is 4. The topological polar surface area (TPSA) is 120 Å². The number of nitrogens with one attached hydrogen (secondary N) is 2. The Labute approximate surface area is 176 Å². The van der Waals surface area contributed by atoms with E-state index in [0.29, 0.717) is 18.9 Å². The van der Waals surface area contributed by atoms with Gasteiger partial charge in [-0.2, -0.15) is 10.1 Å². The van der Waals surface area contributed by atoms with Crippen LogP contribution >= 0.6 is 0 Å². The fourth-order valence-corrected chi connectivity index (χ4v) is 3.31. The van der Waals surface area contributed by atoms with E-state index in [9.17, 15) is 13.6 Å². The van der Waals surface area contributed by atoms with Crippen LogP contribution < -0.4 is 16.4 Å². The molecule has 3 aromatic rings. The molecule has 4 N–H and O–H groups in total. The highest BCUT2D eigenvalue weighted by Gasteiger charge is 2.18. The highest BCUT2D eigenvalue weighted by atomic mass is 19.1. The number of hydrogen-bond acceptors (Lipinski definition) is 7. The van der Waals surface area contributed by atoms with Crippen molar-refractivity contribution in [2.45, 2.75) is 25.4 Å². The number of benzene rings is 1. The molecule has 31 heavy (non-hydrogen) atoms. The van der Waals surface area contributed by atoms with Gasteiger partial charge in [0.2, 0.25) is 5.95 Å². The van der Waals surface area contributed by atoms with Crippen molar-refractivity contribution in [2.24, 2.45) is 5.73 Å². The Morgan fingerprint density at radius 3 is 2.68 bits per heavy atom. The molecule has 162 valence electrons. The van der Waals surface area contributed by atoms with E-state index in [4.69, 9.17) is 10.5 Å². The first-order valence-corrected chi connectivity index (χ1v) is 9.74. The van der Waals surface area contributed by atoms with Crippen molar-refractivity contribution < 1.29 is 18.3 Å². The lowest BCUT2D eigenvalue weighted by Gasteiger charge is -2.22. The van der Waals surface area contributed by atoms with Gasteiger partial charge in [-0.15, -0.1) is 0 Å². The average Bonchev–Trinajstić information content (AvgIpc) is 3.22. The van der Waals surface area contributed by atoms with Gasteiger partial charge in [-0.05, 0) is 25.0 Å². The number of anilines is 3. The van der Waals surface area contributed by atoms with Crippen LogP contribution in [0.25, 0.3) is 0 Å². The molecule has 1 aliphatic heterocycles. The number of amides is 1. The first-order chi connectivity index (χ1) is 15.0. The summed E-state index contributed by atoms with van der Waals surface area (Å²) in [7, 11) is 0. The van der Waals surface area contributed by atoms with Crippen LogP contribution in [0.5, 0.6) is 0 Å². The molecule has 1 saturated heterocycles. The highest BCUT2D eigenvalue weighted by molar-refractivity contribution is 5.97. The molecule has 1 amide bonds. The molecule has 0 unspecified atom stereocenters. The summed E-state index contributed by atoms with van der Waals surface area (Å²) >= 11 is 0. The van der Waals surface area contributed by atoms with Crippen LogP contribution in [0.1, 0.15) is 34.8 Å². The number of carbonyl (C=O) groups is 1. The van der Waals surface area contributed by atoms with Crippen LogP contribution in [0, 0.1) is 11.6 Å². The lowest BCUT2D eigenvalue weighted by Crippen LogP contribution is -2.19. The summed E-state index contributed by atoms with van der Waals surface area (Å²) in [6.07, 6.45) is 6.49. The fraction of sp³-hybridized carbons (Fsp3) is 0.300. The molecule has 9 nitrogen and oxygen atoms in total. The van der Waals surface area contributed by atoms with Crippen molar-refractivity contribution in [3.8, 4) is 0 Å². The number of halogens is 2. The average molecular weight is 429 g/mol. The normalized spacial score (nSPS) is 14.4. The van der Waals surface area contributed by atoms with E-state index in [2.05, 4.69) is 25.7 Å². The molecule has 4 rings (SSSR count). The molecular weight excluding hydrogens is 408 g/mol. The Bertz CT molecular complexity index is 1060. The minimum absolute atomic E-state index is 0.000184. The number of primary amides is 1. The summed E-state index contributed by atoms with van der Waals surface area (Å²) in [6, 6.07) is 3.84. The summed E-state index contributed by atoms with van der Waals surface area (Å²) < 4.78 is 35.0. The lowest BCUT2D eigenvalue weighted by atomic mass is 10.1. The number of ether oxygens (including phenoxy) is 1. The molecule has 0 spiro atoms. The van der Waals surface area contributed by atoms with Gasteiger partial charge in [0, 0.05) is 37.7 Å². The van der Waals surface area contributed by atoms with Gasteiger partial charge in [0.1, 0.15) is 17.5 Å². The second-order valence-electron chi connectivity index (χ2n) is 7.05. The largest absolute Gasteiger partial charge is 0.381 e. The van der Waals surface area contributed by atoms with Crippen molar-refractivity contribution in [1.82, 2.24) is 19.7 Å². The van der Waals surface area contributed by atoms with Gasteiger partial charge in [0.25, 0.3) is 5.91 Å². The highest BCUT2D eigenvalue weighted by Crippen LogP contribution is 2.23. The molecule has 0 atom stereocenters. The van der Waals surface area contributed by atoms with Crippen molar-refractivity contribution >= 4 is 23.4 Å². The zero-order valence-corrected chi connectivity index (χ0v) is 16.5. The number of carbonyl (C=O) groups excluding carboxylic acids is 1. The maximum Gasteiger partial charge on any atom is 0.254 e. The van der Waals surface area contributed by atoms with E-state index in [-0.39, 0.29) is 35.5 Å². The third kappa shape index (κ3) is 4.77. The standard InChI is InChI=1S/C20H21F2N7O2/c21-16-2-1-3-17(22)14(16)9-24-19-15(18(23)30)10-25-20(28-19)27-12-8-26-29(11-12)13-4-6-31-7-5-13/h1-3,8,10-11,13H,4-7,9H2,(H2,23,30)(H2,24,25,27,28).